The summed E-state index contributed by atoms with van der Waals surface area (Å²) in [5.41, 5.74) is 2.68. The van der Waals surface area contributed by atoms with Gasteiger partial charge in [-0.2, -0.15) is 0 Å². The smallest absolute Gasteiger partial charge is 0.338 e. The zero-order valence-electron chi connectivity index (χ0n) is 25.4. The molecule has 4 aromatic rings. The van der Waals surface area contributed by atoms with Crippen molar-refractivity contribution in [3.8, 4) is 0 Å². The van der Waals surface area contributed by atoms with Crippen LogP contribution in [0.5, 0.6) is 0 Å². The highest BCUT2D eigenvalue weighted by Gasteiger charge is 2.63. The number of imidazole rings is 1. The van der Waals surface area contributed by atoms with Gasteiger partial charge in [-0.1, -0.05) is 41.4 Å². The fourth-order valence-corrected chi connectivity index (χ4v) is 8.05. The summed E-state index contributed by atoms with van der Waals surface area (Å²) < 4.78 is 23.7. The van der Waals surface area contributed by atoms with Gasteiger partial charge in [-0.15, -0.1) is 0 Å². The van der Waals surface area contributed by atoms with Crippen LogP contribution in [0.25, 0.3) is 11.0 Å². The second-order valence-electron chi connectivity index (χ2n) is 12.7. The molecule has 0 bridgehead atoms. The summed E-state index contributed by atoms with van der Waals surface area (Å²) in [5, 5.41) is 3.65. The lowest BCUT2D eigenvalue weighted by Gasteiger charge is -2.40. The van der Waals surface area contributed by atoms with Crippen LogP contribution in [0.15, 0.2) is 54.6 Å². The van der Waals surface area contributed by atoms with Gasteiger partial charge in [0.15, 0.2) is 0 Å². The third-order valence-corrected chi connectivity index (χ3v) is 10.5. The van der Waals surface area contributed by atoms with Gasteiger partial charge in [-0.3, -0.25) is 9.69 Å². The van der Waals surface area contributed by atoms with Crippen molar-refractivity contribution < 1.29 is 18.7 Å². The Balaban J connectivity index is 1.42. The van der Waals surface area contributed by atoms with Gasteiger partial charge in [0, 0.05) is 41.7 Å². The summed E-state index contributed by atoms with van der Waals surface area (Å²) in [5.74, 6) is -0.811. The normalized spacial score (nSPS) is 24.4. The Morgan fingerprint density at radius 2 is 1.89 bits per heavy atom. The fourth-order valence-electron chi connectivity index (χ4n) is 7.68. The van der Waals surface area contributed by atoms with E-state index in [1.807, 2.05) is 19.9 Å². The van der Waals surface area contributed by atoms with Crippen LogP contribution >= 0.6 is 23.2 Å². The minimum absolute atomic E-state index is 0.0151. The van der Waals surface area contributed by atoms with Gasteiger partial charge in [-0.25, -0.2) is 14.2 Å². The Labute approximate surface area is 271 Å². The Morgan fingerprint density at radius 3 is 2.62 bits per heavy atom. The zero-order valence-corrected chi connectivity index (χ0v) is 27.0. The molecule has 1 N–H and O–H groups in total. The zero-order chi connectivity index (χ0) is 31.6. The van der Waals surface area contributed by atoms with E-state index >= 15 is 4.39 Å². The van der Waals surface area contributed by atoms with Gasteiger partial charge in [0.05, 0.1) is 28.2 Å². The molecule has 1 saturated heterocycles. The van der Waals surface area contributed by atoms with E-state index in [4.69, 9.17) is 32.9 Å². The first kappa shape index (κ1) is 30.2. The maximum atomic E-state index is 16.2. The lowest BCUT2D eigenvalue weighted by atomic mass is 9.73. The Hall–Kier alpha value is -3.46. The molecule has 1 aromatic heterocycles. The number of likely N-dealkylation sites (tertiary alicyclic amines) is 1. The number of benzene rings is 3. The van der Waals surface area contributed by atoms with E-state index in [2.05, 4.69) is 14.8 Å². The Kier molecular flexibility index (Phi) is 7.66. The molecule has 10 heteroatoms. The number of nitrogens with zero attached hydrogens (tertiary/aromatic N) is 3. The third-order valence-electron chi connectivity index (χ3n) is 9.95. The van der Waals surface area contributed by atoms with Crippen LogP contribution in [-0.4, -0.2) is 51.1 Å². The minimum Gasteiger partial charge on any atom is -0.462 e. The molecule has 2 fully saturated rings. The van der Waals surface area contributed by atoms with Crippen molar-refractivity contribution in [2.75, 3.05) is 18.5 Å². The van der Waals surface area contributed by atoms with E-state index in [-0.39, 0.29) is 35.5 Å². The topological polar surface area (TPSA) is 76.5 Å². The molecule has 7 rings (SSSR count). The lowest BCUT2D eigenvalue weighted by molar-refractivity contribution is -0.127. The number of rotatable bonds is 7. The van der Waals surface area contributed by atoms with Crippen molar-refractivity contribution >= 4 is 51.8 Å². The number of amides is 1. The van der Waals surface area contributed by atoms with Crippen LogP contribution < -0.4 is 5.32 Å². The van der Waals surface area contributed by atoms with Crippen molar-refractivity contribution in [2.45, 2.75) is 70.0 Å². The first-order valence-electron chi connectivity index (χ1n) is 15.6. The molecular formula is C35H35Cl2FN4O3. The van der Waals surface area contributed by atoms with E-state index in [9.17, 15) is 9.59 Å². The van der Waals surface area contributed by atoms with E-state index in [0.29, 0.717) is 39.8 Å². The van der Waals surface area contributed by atoms with Crippen molar-refractivity contribution in [1.29, 1.82) is 0 Å². The van der Waals surface area contributed by atoms with Crippen LogP contribution in [0.4, 0.5) is 10.1 Å². The molecule has 1 aliphatic carbocycles. The first-order valence-corrected chi connectivity index (χ1v) is 16.3. The molecule has 0 unspecified atom stereocenters. The number of fused-ring (bicyclic) bond motifs is 5. The van der Waals surface area contributed by atoms with Gasteiger partial charge in [0.2, 0.25) is 5.91 Å². The predicted octanol–water partition coefficient (Wildman–Crippen LogP) is 7.73. The number of aromatic nitrogens is 2. The first-order chi connectivity index (χ1) is 21.6. The third kappa shape index (κ3) is 5.02. The lowest BCUT2D eigenvalue weighted by Crippen LogP contribution is -2.56. The van der Waals surface area contributed by atoms with Gasteiger partial charge >= 0.3 is 5.97 Å². The standard InChI is InChI=1S/C35H35Cl2FN4O3/c1-4-45-33(43)24-17-26-28(15-19(24)2)41-14-13-27-29(32(41)40-26)30(23-9-6-10-25(37)31(23)38)35(3,42(27)18-20-11-12-20)34(44)39-22-8-5-7-21(36)16-22/h5-10,15-17,20,27,29-30H,4,11-14,18H2,1-3H3,(H,39,44)/t27-,29+,30-,35+/m0/s1. The molecule has 2 aliphatic heterocycles. The van der Waals surface area contributed by atoms with Crippen LogP contribution in [0.1, 0.15) is 72.3 Å². The van der Waals surface area contributed by atoms with Gasteiger partial charge in [0.1, 0.15) is 17.2 Å². The van der Waals surface area contributed by atoms with Crippen molar-refractivity contribution in [2.24, 2.45) is 5.92 Å². The molecule has 7 nitrogen and oxygen atoms in total. The van der Waals surface area contributed by atoms with E-state index < -0.39 is 17.3 Å². The van der Waals surface area contributed by atoms with Crippen LogP contribution in [0.3, 0.4) is 0 Å². The van der Waals surface area contributed by atoms with Crippen LogP contribution in [0.2, 0.25) is 10.0 Å². The van der Waals surface area contributed by atoms with E-state index in [1.165, 1.54) is 6.07 Å². The molecule has 1 saturated carbocycles. The molecular weight excluding hydrogens is 614 g/mol. The summed E-state index contributed by atoms with van der Waals surface area (Å²) >= 11 is 12.7. The summed E-state index contributed by atoms with van der Waals surface area (Å²) in [6.07, 6.45) is 2.96. The maximum absolute atomic E-state index is 16.2. The van der Waals surface area contributed by atoms with Gasteiger partial charge in [0.25, 0.3) is 0 Å². The Bertz CT molecular complexity index is 1840. The highest BCUT2D eigenvalue weighted by atomic mass is 35.5. The average Bonchev–Trinajstić information content (AvgIpc) is 3.71. The number of halogens is 3. The van der Waals surface area contributed by atoms with E-state index in [0.717, 1.165) is 42.7 Å². The molecule has 3 heterocycles. The number of carbonyl (C=O) groups excluding carboxylic acids is 2. The van der Waals surface area contributed by atoms with Crippen LogP contribution in [0, 0.1) is 18.7 Å². The number of ether oxygens (including phenoxy) is 1. The summed E-state index contributed by atoms with van der Waals surface area (Å²) in [6.45, 7) is 7.30. The highest BCUT2D eigenvalue weighted by molar-refractivity contribution is 6.31. The SMILES string of the molecule is CCOC(=O)c1cc2nc3n(c2cc1C)CC[C@H]1[C@@H]3[C@H](c2cccc(Cl)c2F)[C@](C)(C(=O)Nc2cccc(Cl)c2)N1CC1CC1. The molecule has 0 spiro atoms. The fraction of sp³-hybridized carbons (Fsp3) is 0.400. The number of hydrogen-bond acceptors (Lipinski definition) is 5. The predicted molar refractivity (Wildman–Crippen MR) is 174 cm³/mol. The summed E-state index contributed by atoms with van der Waals surface area (Å²) in [6, 6.07) is 15.8. The van der Waals surface area contributed by atoms with Gasteiger partial charge < -0.3 is 14.6 Å². The average molecular weight is 650 g/mol. The number of esters is 1. The number of aryl methyl sites for hydroxylation is 2. The van der Waals surface area contributed by atoms with Crippen molar-refractivity contribution in [1.82, 2.24) is 14.5 Å². The maximum Gasteiger partial charge on any atom is 0.338 e. The molecule has 1 amide bonds. The molecule has 45 heavy (non-hydrogen) atoms. The van der Waals surface area contributed by atoms with E-state index in [1.54, 1.807) is 49.4 Å². The number of hydrogen-bond donors (Lipinski definition) is 1. The van der Waals surface area contributed by atoms with Gasteiger partial charge in [-0.05, 0) is 93.5 Å². The quantitative estimate of drug-likeness (QED) is 0.208. The summed E-state index contributed by atoms with van der Waals surface area (Å²) in [7, 11) is 0. The van der Waals surface area contributed by atoms with Crippen LogP contribution in [-0.2, 0) is 16.1 Å². The molecule has 3 aliphatic rings. The number of anilines is 1. The number of nitrogens with one attached hydrogen (secondary N) is 1. The second-order valence-corrected chi connectivity index (χ2v) is 13.6. The minimum atomic E-state index is -1.15. The van der Waals surface area contributed by atoms with Crippen molar-refractivity contribution in [3.63, 3.8) is 0 Å². The molecule has 4 atom stereocenters. The van der Waals surface area contributed by atoms with Crippen molar-refractivity contribution in [3.05, 3.63) is 93.0 Å². The highest BCUT2D eigenvalue weighted by Crippen LogP contribution is 2.58. The second kappa shape index (κ2) is 11.4. The molecule has 0 radical (unpaired) electrons. The molecule has 234 valence electrons. The monoisotopic (exact) mass is 648 g/mol. The summed E-state index contributed by atoms with van der Waals surface area (Å²) in [4.78, 5) is 34.9. The number of carbonyl (C=O) groups is 2. The Morgan fingerprint density at radius 1 is 1.11 bits per heavy atom. The largest absolute Gasteiger partial charge is 0.462 e. The molecule has 3 aromatic carbocycles.